The van der Waals surface area contributed by atoms with Crippen molar-refractivity contribution in [3.05, 3.63) is 60.2 Å². The lowest BCUT2D eigenvalue weighted by atomic mass is 9.85. The van der Waals surface area contributed by atoms with Gasteiger partial charge >= 0.3 is 6.09 Å². The predicted molar refractivity (Wildman–Crippen MR) is 115 cm³/mol. The zero-order valence-electron chi connectivity index (χ0n) is 17.8. The van der Waals surface area contributed by atoms with Gasteiger partial charge in [-0.05, 0) is 82.9 Å². The number of fused-ring (bicyclic) bond motifs is 2. The van der Waals surface area contributed by atoms with Crippen LogP contribution in [0.3, 0.4) is 0 Å². The Kier molecular flexibility index (Phi) is 5.54. The Morgan fingerprint density at radius 3 is 2.00 bits per heavy atom. The Morgan fingerprint density at radius 2 is 1.43 bits per heavy atom. The van der Waals surface area contributed by atoms with Crippen LogP contribution in [0.1, 0.15) is 56.8 Å². The number of hydrogen-bond donors (Lipinski definition) is 0. The first-order valence-electron chi connectivity index (χ1n) is 10.7. The third-order valence-corrected chi connectivity index (χ3v) is 5.83. The number of rotatable bonds is 4. The molecule has 2 fully saturated rings. The van der Waals surface area contributed by atoms with Crippen LogP contribution in [0, 0.1) is 5.92 Å². The summed E-state index contributed by atoms with van der Waals surface area (Å²) >= 11 is 0. The highest BCUT2D eigenvalue weighted by Gasteiger charge is 2.46. The van der Waals surface area contributed by atoms with Crippen LogP contribution in [-0.2, 0) is 4.74 Å². The van der Waals surface area contributed by atoms with Gasteiger partial charge in [0.15, 0.2) is 5.78 Å². The molecule has 2 aromatic rings. The maximum atomic E-state index is 13.1. The molecule has 30 heavy (non-hydrogen) atoms. The standard InChI is InChI=1S/C25H29NO4/c1-25(2,3)30-24(28)26-19-11-12-20(26)16-18(15-19)23(27)17-9-13-22(14-10-17)29-21-7-5-4-6-8-21/h4-10,13-14,18-20H,11-12,15-16H2,1-3H3. The maximum absolute atomic E-state index is 13.1. The fraction of sp³-hybridized carbons (Fsp3) is 0.440. The lowest BCUT2D eigenvalue weighted by Gasteiger charge is -2.39. The molecule has 2 atom stereocenters. The second kappa shape index (κ2) is 8.13. The Hall–Kier alpha value is -2.82. The van der Waals surface area contributed by atoms with Gasteiger partial charge in [-0.3, -0.25) is 4.79 Å². The number of ketones is 1. The van der Waals surface area contributed by atoms with E-state index in [2.05, 4.69) is 0 Å². The minimum Gasteiger partial charge on any atom is -0.457 e. The van der Waals surface area contributed by atoms with Gasteiger partial charge in [0.2, 0.25) is 0 Å². The third kappa shape index (κ3) is 4.50. The number of nitrogens with zero attached hydrogens (tertiary/aromatic N) is 1. The number of benzene rings is 2. The molecule has 5 heteroatoms. The van der Waals surface area contributed by atoms with Gasteiger partial charge in [0, 0.05) is 23.6 Å². The molecule has 0 radical (unpaired) electrons. The Bertz CT molecular complexity index is 887. The molecule has 2 aliphatic heterocycles. The fourth-order valence-electron chi connectivity index (χ4n) is 4.55. The van der Waals surface area contributed by atoms with Crippen molar-refractivity contribution in [2.75, 3.05) is 0 Å². The van der Waals surface area contributed by atoms with E-state index in [-0.39, 0.29) is 29.9 Å². The maximum Gasteiger partial charge on any atom is 0.410 e. The van der Waals surface area contributed by atoms with Crippen LogP contribution >= 0.6 is 0 Å². The third-order valence-electron chi connectivity index (χ3n) is 5.83. The molecule has 158 valence electrons. The summed E-state index contributed by atoms with van der Waals surface area (Å²) in [5, 5.41) is 0. The molecular weight excluding hydrogens is 378 g/mol. The molecule has 4 rings (SSSR count). The summed E-state index contributed by atoms with van der Waals surface area (Å²) in [5.74, 6) is 1.57. The first-order chi connectivity index (χ1) is 14.3. The van der Waals surface area contributed by atoms with Crippen molar-refractivity contribution in [2.45, 2.75) is 64.1 Å². The van der Waals surface area contributed by atoms with Crippen LogP contribution in [0.25, 0.3) is 0 Å². The molecule has 2 bridgehead atoms. The van der Waals surface area contributed by atoms with E-state index >= 15 is 0 Å². The second-order valence-electron chi connectivity index (χ2n) is 9.24. The summed E-state index contributed by atoms with van der Waals surface area (Å²) in [6.45, 7) is 5.65. The number of carbonyl (C=O) groups is 2. The smallest absolute Gasteiger partial charge is 0.410 e. The van der Waals surface area contributed by atoms with Crippen LogP contribution in [0.4, 0.5) is 4.79 Å². The van der Waals surface area contributed by atoms with Gasteiger partial charge < -0.3 is 14.4 Å². The Labute approximate surface area is 178 Å². The molecule has 2 heterocycles. The molecule has 2 aliphatic rings. The van der Waals surface area contributed by atoms with E-state index in [0.29, 0.717) is 24.2 Å². The topological polar surface area (TPSA) is 55.8 Å². The summed E-state index contributed by atoms with van der Waals surface area (Å²) in [7, 11) is 0. The summed E-state index contributed by atoms with van der Waals surface area (Å²) in [6, 6.07) is 17.1. The molecule has 0 saturated carbocycles. The fourth-order valence-corrected chi connectivity index (χ4v) is 4.55. The monoisotopic (exact) mass is 407 g/mol. The second-order valence-corrected chi connectivity index (χ2v) is 9.24. The molecule has 2 saturated heterocycles. The minimum atomic E-state index is -0.507. The van der Waals surface area contributed by atoms with Crippen LogP contribution in [0.2, 0.25) is 0 Å². The summed E-state index contributed by atoms with van der Waals surface area (Å²) in [6.07, 6.45) is 3.05. The molecule has 5 nitrogen and oxygen atoms in total. The van der Waals surface area contributed by atoms with Crippen molar-refractivity contribution in [2.24, 2.45) is 5.92 Å². The van der Waals surface area contributed by atoms with Crippen molar-refractivity contribution in [1.82, 2.24) is 4.90 Å². The van der Waals surface area contributed by atoms with Crippen LogP contribution in [0.15, 0.2) is 54.6 Å². The number of carbonyl (C=O) groups excluding carboxylic acids is 2. The van der Waals surface area contributed by atoms with E-state index in [9.17, 15) is 9.59 Å². The van der Waals surface area contributed by atoms with E-state index in [4.69, 9.17) is 9.47 Å². The number of para-hydroxylation sites is 1. The SMILES string of the molecule is CC(C)(C)OC(=O)N1C2CCC1CC(C(=O)c1ccc(Oc3ccccc3)cc1)C2. The van der Waals surface area contributed by atoms with E-state index < -0.39 is 5.60 Å². The normalized spacial score (nSPS) is 23.2. The van der Waals surface area contributed by atoms with Crippen LogP contribution < -0.4 is 4.74 Å². The van der Waals surface area contributed by atoms with Gasteiger partial charge in [0.1, 0.15) is 17.1 Å². The molecule has 0 aliphatic carbocycles. The average molecular weight is 408 g/mol. The number of hydrogen-bond acceptors (Lipinski definition) is 4. The molecule has 0 N–H and O–H groups in total. The summed E-state index contributed by atoms with van der Waals surface area (Å²) in [4.78, 5) is 27.6. The largest absolute Gasteiger partial charge is 0.457 e. The van der Waals surface area contributed by atoms with Gasteiger partial charge in [-0.25, -0.2) is 4.79 Å². The average Bonchev–Trinajstić information content (AvgIpc) is 2.97. The molecule has 2 unspecified atom stereocenters. The lowest BCUT2D eigenvalue weighted by Crippen LogP contribution is -2.49. The van der Waals surface area contributed by atoms with Crippen molar-refractivity contribution in [1.29, 1.82) is 0 Å². The Balaban J connectivity index is 1.40. The van der Waals surface area contributed by atoms with Crippen molar-refractivity contribution in [3.63, 3.8) is 0 Å². The van der Waals surface area contributed by atoms with Gasteiger partial charge in [0.05, 0.1) is 0 Å². The number of Topliss-reactive ketones (excluding diaryl/α,β-unsaturated/α-hetero) is 1. The number of piperidine rings is 1. The zero-order chi connectivity index (χ0) is 21.3. The highest BCUT2D eigenvalue weighted by molar-refractivity contribution is 5.98. The molecule has 0 spiro atoms. The van der Waals surface area contributed by atoms with Gasteiger partial charge in [0.25, 0.3) is 0 Å². The van der Waals surface area contributed by atoms with Gasteiger partial charge in [-0.15, -0.1) is 0 Å². The van der Waals surface area contributed by atoms with Crippen LogP contribution in [-0.4, -0.2) is 34.5 Å². The first kappa shape index (κ1) is 20.5. The van der Waals surface area contributed by atoms with Crippen molar-refractivity contribution >= 4 is 11.9 Å². The number of ether oxygens (including phenoxy) is 2. The van der Waals surface area contributed by atoms with Gasteiger partial charge in [-0.1, -0.05) is 18.2 Å². The van der Waals surface area contributed by atoms with Crippen LogP contribution in [0.5, 0.6) is 11.5 Å². The number of amides is 1. The van der Waals surface area contributed by atoms with E-state index in [0.717, 1.165) is 18.6 Å². The quantitative estimate of drug-likeness (QED) is 0.598. The first-order valence-corrected chi connectivity index (χ1v) is 10.7. The summed E-state index contributed by atoms with van der Waals surface area (Å²) in [5.41, 5.74) is 0.192. The van der Waals surface area contributed by atoms with Crippen molar-refractivity contribution < 1.29 is 19.1 Å². The van der Waals surface area contributed by atoms with Crippen molar-refractivity contribution in [3.8, 4) is 11.5 Å². The van der Waals surface area contributed by atoms with E-state index in [1.807, 2.05) is 80.3 Å². The molecule has 2 aromatic carbocycles. The predicted octanol–water partition coefficient (Wildman–Crippen LogP) is 5.84. The molecule has 0 aromatic heterocycles. The zero-order valence-corrected chi connectivity index (χ0v) is 17.8. The Morgan fingerprint density at radius 1 is 0.867 bits per heavy atom. The lowest BCUT2D eigenvalue weighted by molar-refractivity contribution is 0.00254. The van der Waals surface area contributed by atoms with Gasteiger partial charge in [-0.2, -0.15) is 0 Å². The molecule has 1 amide bonds. The minimum absolute atomic E-state index is 0.0536. The summed E-state index contributed by atoms with van der Waals surface area (Å²) < 4.78 is 11.4. The molecular formula is C25H29NO4. The van der Waals surface area contributed by atoms with E-state index in [1.165, 1.54) is 0 Å². The highest BCUT2D eigenvalue weighted by Crippen LogP contribution is 2.40. The van der Waals surface area contributed by atoms with E-state index in [1.54, 1.807) is 0 Å². The highest BCUT2D eigenvalue weighted by atomic mass is 16.6.